The molecule has 0 radical (unpaired) electrons. The first-order valence-electron chi connectivity index (χ1n) is 7.67. The van der Waals surface area contributed by atoms with Crippen LogP contribution in [0.1, 0.15) is 24.3 Å². The number of aromatic nitrogens is 2. The zero-order valence-electron chi connectivity index (χ0n) is 12.7. The number of ether oxygens (including phenoxy) is 1. The molecule has 116 valence electrons. The van der Waals surface area contributed by atoms with Gasteiger partial charge in [0.1, 0.15) is 0 Å². The standard InChI is InChI=1S/C15H24N4O2/c1-19-8-11(5-17-19)12-6-16-7-13(12)15(20)18-14(9-21-2)10-3-4-10/h5,8,10,12-14,16H,3-4,6-7,9H2,1-2H3,(H,18,20)/t12-,13+,14?/m1/s1. The van der Waals surface area contributed by atoms with Crippen molar-refractivity contribution in [3.05, 3.63) is 18.0 Å². The molecule has 1 aromatic rings. The van der Waals surface area contributed by atoms with Gasteiger partial charge in [-0.3, -0.25) is 9.48 Å². The van der Waals surface area contributed by atoms with Gasteiger partial charge in [0.15, 0.2) is 0 Å². The Morgan fingerprint density at radius 3 is 3.00 bits per heavy atom. The van der Waals surface area contributed by atoms with Gasteiger partial charge in [-0.25, -0.2) is 0 Å². The molecule has 1 saturated carbocycles. The first-order chi connectivity index (χ1) is 10.2. The molecule has 0 aromatic carbocycles. The summed E-state index contributed by atoms with van der Waals surface area (Å²) in [4.78, 5) is 12.6. The number of carbonyl (C=O) groups is 1. The second-order valence-corrected chi connectivity index (χ2v) is 6.23. The quantitative estimate of drug-likeness (QED) is 0.789. The molecule has 1 aliphatic carbocycles. The highest BCUT2D eigenvalue weighted by molar-refractivity contribution is 5.80. The minimum atomic E-state index is -0.0210. The van der Waals surface area contributed by atoms with Crippen LogP contribution >= 0.6 is 0 Å². The molecule has 21 heavy (non-hydrogen) atoms. The average molecular weight is 292 g/mol. The molecule has 6 nitrogen and oxygen atoms in total. The third-order valence-corrected chi connectivity index (χ3v) is 4.57. The Morgan fingerprint density at radius 2 is 2.38 bits per heavy atom. The lowest BCUT2D eigenvalue weighted by molar-refractivity contribution is -0.126. The van der Waals surface area contributed by atoms with Crippen LogP contribution in [-0.2, 0) is 16.6 Å². The van der Waals surface area contributed by atoms with Crippen molar-refractivity contribution in [2.24, 2.45) is 18.9 Å². The van der Waals surface area contributed by atoms with Gasteiger partial charge >= 0.3 is 0 Å². The van der Waals surface area contributed by atoms with Crippen molar-refractivity contribution in [1.82, 2.24) is 20.4 Å². The van der Waals surface area contributed by atoms with Crippen LogP contribution in [-0.4, -0.2) is 48.5 Å². The average Bonchev–Trinajstić information content (AvgIpc) is 3.03. The third kappa shape index (κ3) is 3.27. The number of carbonyl (C=O) groups excluding carboxylic acids is 1. The van der Waals surface area contributed by atoms with Crippen LogP contribution in [0.4, 0.5) is 0 Å². The molecule has 1 saturated heterocycles. The van der Waals surface area contributed by atoms with Crippen LogP contribution < -0.4 is 10.6 Å². The minimum absolute atomic E-state index is 0.0210. The number of hydrogen-bond acceptors (Lipinski definition) is 4. The third-order valence-electron chi connectivity index (χ3n) is 4.57. The lowest BCUT2D eigenvalue weighted by atomic mass is 9.90. The molecule has 2 N–H and O–H groups in total. The molecule has 1 aliphatic heterocycles. The number of amides is 1. The zero-order valence-corrected chi connectivity index (χ0v) is 12.7. The Kier molecular flexibility index (Phi) is 4.26. The van der Waals surface area contributed by atoms with Gasteiger partial charge in [0.25, 0.3) is 0 Å². The van der Waals surface area contributed by atoms with Crippen molar-refractivity contribution >= 4 is 5.91 Å². The van der Waals surface area contributed by atoms with E-state index in [4.69, 9.17) is 4.74 Å². The van der Waals surface area contributed by atoms with Gasteiger partial charge in [-0.2, -0.15) is 5.10 Å². The summed E-state index contributed by atoms with van der Waals surface area (Å²) in [5, 5.41) is 10.8. The number of nitrogens with one attached hydrogen (secondary N) is 2. The fourth-order valence-electron chi connectivity index (χ4n) is 3.20. The van der Waals surface area contributed by atoms with Crippen molar-refractivity contribution in [1.29, 1.82) is 0 Å². The van der Waals surface area contributed by atoms with E-state index in [2.05, 4.69) is 15.7 Å². The largest absolute Gasteiger partial charge is 0.383 e. The maximum absolute atomic E-state index is 12.6. The Balaban J connectivity index is 1.65. The number of hydrogen-bond donors (Lipinski definition) is 2. The monoisotopic (exact) mass is 292 g/mol. The SMILES string of the molecule is COCC(NC(=O)[C@H]1CNC[C@@H]1c1cnn(C)c1)C1CC1. The van der Waals surface area contributed by atoms with E-state index in [1.165, 1.54) is 12.8 Å². The maximum Gasteiger partial charge on any atom is 0.225 e. The topological polar surface area (TPSA) is 68.2 Å². The highest BCUT2D eigenvalue weighted by Gasteiger charge is 2.38. The van der Waals surface area contributed by atoms with Crippen LogP contribution in [0.2, 0.25) is 0 Å². The van der Waals surface area contributed by atoms with E-state index in [1.54, 1.807) is 11.8 Å². The fourth-order valence-corrected chi connectivity index (χ4v) is 3.20. The van der Waals surface area contributed by atoms with Gasteiger partial charge in [0.2, 0.25) is 5.91 Å². The Morgan fingerprint density at radius 1 is 1.57 bits per heavy atom. The summed E-state index contributed by atoms with van der Waals surface area (Å²) in [5.74, 6) is 0.927. The zero-order chi connectivity index (χ0) is 14.8. The predicted octanol–water partition coefficient (Wildman–Crippen LogP) is 0.264. The summed E-state index contributed by atoms with van der Waals surface area (Å²) in [6, 6.07) is 0.164. The van der Waals surface area contributed by atoms with E-state index >= 15 is 0 Å². The molecular formula is C15H24N4O2. The summed E-state index contributed by atoms with van der Waals surface area (Å²) >= 11 is 0. The minimum Gasteiger partial charge on any atom is -0.383 e. The first kappa shape index (κ1) is 14.5. The smallest absolute Gasteiger partial charge is 0.225 e. The summed E-state index contributed by atoms with van der Waals surface area (Å²) in [7, 11) is 3.60. The molecule has 2 aliphatic rings. The summed E-state index contributed by atoms with van der Waals surface area (Å²) in [6.45, 7) is 2.17. The summed E-state index contributed by atoms with van der Waals surface area (Å²) in [5.41, 5.74) is 1.14. The van der Waals surface area contributed by atoms with Crippen molar-refractivity contribution in [3.63, 3.8) is 0 Å². The summed E-state index contributed by atoms with van der Waals surface area (Å²) in [6.07, 6.45) is 6.27. The van der Waals surface area contributed by atoms with E-state index in [1.807, 2.05) is 19.4 Å². The maximum atomic E-state index is 12.6. The lowest BCUT2D eigenvalue weighted by Crippen LogP contribution is -2.44. The molecule has 6 heteroatoms. The van der Waals surface area contributed by atoms with Gasteiger partial charge in [0, 0.05) is 39.4 Å². The van der Waals surface area contributed by atoms with Crippen molar-refractivity contribution in [3.8, 4) is 0 Å². The highest BCUT2D eigenvalue weighted by Crippen LogP contribution is 2.34. The first-order valence-corrected chi connectivity index (χ1v) is 7.67. The van der Waals surface area contributed by atoms with E-state index in [0.717, 1.165) is 18.7 Å². The highest BCUT2D eigenvalue weighted by atomic mass is 16.5. The number of aryl methyl sites for hydroxylation is 1. The predicted molar refractivity (Wildman–Crippen MR) is 78.8 cm³/mol. The van der Waals surface area contributed by atoms with E-state index in [9.17, 15) is 4.79 Å². The van der Waals surface area contributed by atoms with Gasteiger partial charge in [-0.15, -0.1) is 0 Å². The van der Waals surface area contributed by atoms with E-state index < -0.39 is 0 Å². The molecule has 3 rings (SSSR count). The molecule has 0 bridgehead atoms. The van der Waals surface area contributed by atoms with Crippen molar-refractivity contribution in [2.45, 2.75) is 24.8 Å². The van der Waals surface area contributed by atoms with Crippen molar-refractivity contribution in [2.75, 3.05) is 26.8 Å². The number of methoxy groups -OCH3 is 1. The fraction of sp³-hybridized carbons (Fsp3) is 0.733. The van der Waals surface area contributed by atoms with Gasteiger partial charge < -0.3 is 15.4 Å². The van der Waals surface area contributed by atoms with Gasteiger partial charge in [-0.1, -0.05) is 0 Å². The molecule has 3 atom stereocenters. The van der Waals surface area contributed by atoms with Crippen LogP contribution in [0.25, 0.3) is 0 Å². The van der Waals surface area contributed by atoms with Gasteiger partial charge in [0.05, 0.1) is 24.8 Å². The van der Waals surface area contributed by atoms with Crippen LogP contribution in [0, 0.1) is 11.8 Å². The normalized spacial score (nSPS) is 26.8. The summed E-state index contributed by atoms with van der Waals surface area (Å²) < 4.78 is 7.03. The number of nitrogens with zero attached hydrogens (tertiary/aromatic N) is 2. The molecule has 0 spiro atoms. The molecule has 2 heterocycles. The van der Waals surface area contributed by atoms with E-state index in [-0.39, 0.29) is 23.8 Å². The van der Waals surface area contributed by atoms with E-state index in [0.29, 0.717) is 12.5 Å². The van der Waals surface area contributed by atoms with Crippen LogP contribution in [0.3, 0.4) is 0 Å². The van der Waals surface area contributed by atoms with Crippen LogP contribution in [0.5, 0.6) is 0 Å². The Bertz CT molecular complexity index is 498. The molecule has 1 amide bonds. The Hall–Kier alpha value is -1.40. The van der Waals surface area contributed by atoms with Crippen molar-refractivity contribution < 1.29 is 9.53 Å². The molecule has 1 unspecified atom stereocenters. The second-order valence-electron chi connectivity index (χ2n) is 6.23. The van der Waals surface area contributed by atoms with Crippen LogP contribution in [0.15, 0.2) is 12.4 Å². The second kappa shape index (κ2) is 6.15. The van der Waals surface area contributed by atoms with Gasteiger partial charge in [-0.05, 0) is 24.3 Å². The molecule has 2 fully saturated rings. The lowest BCUT2D eigenvalue weighted by Gasteiger charge is -2.22. The number of rotatable bonds is 6. The Labute approximate surface area is 125 Å². The molecule has 1 aromatic heterocycles. The molecular weight excluding hydrogens is 268 g/mol.